The molecular weight excluding hydrogens is 344 g/mol. The Morgan fingerprint density at radius 3 is 2.36 bits per heavy atom. The number of ether oxygens (including phenoxy) is 3. The van der Waals surface area contributed by atoms with Crippen LogP contribution in [0.1, 0.15) is 34.1 Å². The molecule has 0 bridgehead atoms. The van der Waals surface area contributed by atoms with Gasteiger partial charge in [0, 0.05) is 19.3 Å². The molecule has 6 nitrogen and oxygen atoms in total. The molecule has 0 amide bonds. The topological polar surface area (TPSA) is 78.9 Å². The summed E-state index contributed by atoms with van der Waals surface area (Å²) in [7, 11) is -3.47. The molecule has 1 aliphatic rings. The van der Waals surface area contributed by atoms with Crippen molar-refractivity contribution in [1.82, 2.24) is 0 Å². The summed E-state index contributed by atoms with van der Waals surface area (Å²) in [6.45, 7) is 7.02. The van der Waals surface area contributed by atoms with E-state index >= 15 is 0 Å². The van der Waals surface area contributed by atoms with E-state index in [1.54, 1.807) is 44.2 Å². The molecule has 2 rings (SSSR count). The molecule has 140 valence electrons. The fourth-order valence-corrected chi connectivity index (χ4v) is 4.55. The summed E-state index contributed by atoms with van der Waals surface area (Å²) in [5, 5.41) is 0. The zero-order valence-electron chi connectivity index (χ0n) is 15.1. The Morgan fingerprint density at radius 1 is 1.16 bits per heavy atom. The van der Waals surface area contributed by atoms with Gasteiger partial charge in [-0.2, -0.15) is 0 Å². The Kier molecular flexibility index (Phi) is 6.24. The molecule has 1 aromatic rings. The number of sulfone groups is 1. The maximum atomic E-state index is 12.7. The molecule has 0 N–H and O–H groups in total. The van der Waals surface area contributed by atoms with Crippen LogP contribution >= 0.6 is 0 Å². The number of benzene rings is 1. The molecule has 0 aromatic heterocycles. The van der Waals surface area contributed by atoms with Gasteiger partial charge in [-0.15, -0.1) is 0 Å². The minimum absolute atomic E-state index is 0.116. The van der Waals surface area contributed by atoms with Gasteiger partial charge < -0.3 is 14.2 Å². The van der Waals surface area contributed by atoms with E-state index in [4.69, 9.17) is 14.2 Å². The number of carbonyl (C=O) groups excluding carboxylic acids is 1. The maximum absolute atomic E-state index is 12.7. The van der Waals surface area contributed by atoms with Gasteiger partial charge in [-0.3, -0.25) is 4.79 Å². The summed E-state index contributed by atoms with van der Waals surface area (Å²) in [5.41, 5.74) is 0. The van der Waals surface area contributed by atoms with Crippen molar-refractivity contribution in [3.63, 3.8) is 0 Å². The molecule has 25 heavy (non-hydrogen) atoms. The zero-order valence-corrected chi connectivity index (χ0v) is 15.9. The van der Waals surface area contributed by atoms with Crippen LogP contribution in [0.15, 0.2) is 35.2 Å². The molecule has 0 unspecified atom stereocenters. The van der Waals surface area contributed by atoms with Crippen molar-refractivity contribution in [2.24, 2.45) is 5.92 Å². The van der Waals surface area contributed by atoms with E-state index in [1.165, 1.54) is 6.92 Å². The van der Waals surface area contributed by atoms with E-state index in [-0.39, 0.29) is 35.2 Å². The fraction of sp³-hybridized carbons (Fsp3) is 0.611. The number of esters is 1. The highest BCUT2D eigenvalue weighted by molar-refractivity contribution is 7.91. The number of carbonyl (C=O) groups is 1. The molecule has 0 spiro atoms. The summed E-state index contributed by atoms with van der Waals surface area (Å²) in [4.78, 5) is 11.2. The van der Waals surface area contributed by atoms with E-state index in [9.17, 15) is 13.2 Å². The molecule has 7 heteroatoms. The van der Waals surface area contributed by atoms with E-state index in [0.717, 1.165) is 0 Å². The second-order valence-corrected chi connectivity index (χ2v) is 8.83. The molecule has 3 atom stereocenters. The summed E-state index contributed by atoms with van der Waals surface area (Å²) in [5.74, 6) is -1.51. The molecule has 0 saturated carbocycles. The molecule has 1 fully saturated rings. The van der Waals surface area contributed by atoms with Gasteiger partial charge in [-0.25, -0.2) is 8.42 Å². The van der Waals surface area contributed by atoms with Crippen LogP contribution in [0.25, 0.3) is 0 Å². The average molecular weight is 370 g/mol. The molecule has 1 aromatic carbocycles. The predicted molar refractivity (Wildman–Crippen MR) is 92.7 cm³/mol. The molecule has 1 aliphatic heterocycles. The van der Waals surface area contributed by atoms with Gasteiger partial charge in [0.1, 0.15) is 0 Å². The number of rotatable bonds is 6. The lowest BCUT2D eigenvalue weighted by Crippen LogP contribution is -2.52. The Bertz CT molecular complexity index is 683. The highest BCUT2D eigenvalue weighted by Gasteiger charge is 2.42. The van der Waals surface area contributed by atoms with Gasteiger partial charge in [0.25, 0.3) is 0 Å². The SMILES string of the molecule is CC(=O)OCC[C@H]1OC(C)(C)O[C@H](CS(=O)(=O)c2ccccc2)[C@@H]1C. The summed E-state index contributed by atoms with van der Waals surface area (Å²) >= 11 is 0. The third-order valence-electron chi connectivity index (χ3n) is 4.24. The van der Waals surface area contributed by atoms with Crippen LogP contribution in [0, 0.1) is 5.92 Å². The lowest BCUT2D eigenvalue weighted by atomic mass is 9.94. The minimum Gasteiger partial charge on any atom is -0.466 e. The van der Waals surface area contributed by atoms with Crippen molar-refractivity contribution in [3.8, 4) is 0 Å². The van der Waals surface area contributed by atoms with Gasteiger partial charge in [-0.1, -0.05) is 25.1 Å². The number of hydrogen-bond acceptors (Lipinski definition) is 6. The third kappa shape index (κ3) is 5.52. The van der Waals surface area contributed by atoms with Crippen LogP contribution < -0.4 is 0 Å². The monoisotopic (exact) mass is 370 g/mol. The molecule has 0 aliphatic carbocycles. The van der Waals surface area contributed by atoms with Crippen molar-refractivity contribution in [1.29, 1.82) is 0 Å². The van der Waals surface area contributed by atoms with Crippen molar-refractivity contribution in [2.75, 3.05) is 12.4 Å². The summed E-state index contributed by atoms with van der Waals surface area (Å²) in [6.07, 6.45) is -0.259. The summed E-state index contributed by atoms with van der Waals surface area (Å²) < 4.78 is 42.1. The molecule has 1 saturated heterocycles. The molecule has 0 radical (unpaired) electrons. The Hall–Kier alpha value is -1.44. The Balaban J connectivity index is 2.11. The summed E-state index contributed by atoms with van der Waals surface area (Å²) in [6, 6.07) is 8.35. The van der Waals surface area contributed by atoms with E-state index in [2.05, 4.69) is 0 Å². The standard InChI is InChI=1S/C18H26O6S/c1-13-16(10-11-22-14(2)19)23-18(3,4)24-17(13)12-25(20,21)15-8-6-5-7-9-15/h5-9,13,16-17H,10-12H2,1-4H3/t13-,16-,17-/m1/s1. The maximum Gasteiger partial charge on any atom is 0.302 e. The molecule has 1 heterocycles. The van der Waals surface area contributed by atoms with E-state index in [1.807, 2.05) is 6.92 Å². The second kappa shape index (κ2) is 7.85. The first-order valence-electron chi connectivity index (χ1n) is 8.37. The van der Waals surface area contributed by atoms with E-state index in [0.29, 0.717) is 6.42 Å². The van der Waals surface area contributed by atoms with Crippen LogP contribution in [0.4, 0.5) is 0 Å². The quantitative estimate of drug-likeness (QED) is 0.716. The van der Waals surface area contributed by atoms with Gasteiger partial charge in [-0.05, 0) is 26.0 Å². The number of hydrogen-bond donors (Lipinski definition) is 0. The zero-order chi connectivity index (χ0) is 18.7. The van der Waals surface area contributed by atoms with Crippen LogP contribution in [0.3, 0.4) is 0 Å². The highest BCUT2D eigenvalue weighted by Crippen LogP contribution is 2.34. The van der Waals surface area contributed by atoms with Gasteiger partial charge in [0.05, 0.1) is 29.5 Å². The largest absolute Gasteiger partial charge is 0.466 e. The Morgan fingerprint density at radius 2 is 1.76 bits per heavy atom. The smallest absolute Gasteiger partial charge is 0.302 e. The normalized spacial score (nSPS) is 26.2. The van der Waals surface area contributed by atoms with Crippen molar-refractivity contribution in [2.45, 2.75) is 57.0 Å². The van der Waals surface area contributed by atoms with Gasteiger partial charge in [0.2, 0.25) is 0 Å². The van der Waals surface area contributed by atoms with Crippen LogP contribution in [0.2, 0.25) is 0 Å². The fourth-order valence-electron chi connectivity index (χ4n) is 2.98. The predicted octanol–water partition coefficient (Wildman–Crippen LogP) is 2.57. The van der Waals surface area contributed by atoms with Gasteiger partial charge in [0.15, 0.2) is 15.6 Å². The highest BCUT2D eigenvalue weighted by atomic mass is 32.2. The van der Waals surface area contributed by atoms with Crippen molar-refractivity contribution < 1.29 is 27.4 Å². The van der Waals surface area contributed by atoms with Crippen molar-refractivity contribution in [3.05, 3.63) is 30.3 Å². The first kappa shape index (κ1) is 19.9. The first-order chi connectivity index (χ1) is 11.6. The van der Waals surface area contributed by atoms with Crippen molar-refractivity contribution >= 4 is 15.8 Å². The lowest BCUT2D eigenvalue weighted by Gasteiger charge is -2.44. The first-order valence-corrected chi connectivity index (χ1v) is 10.0. The lowest BCUT2D eigenvalue weighted by molar-refractivity contribution is -0.315. The minimum atomic E-state index is -3.47. The third-order valence-corrected chi connectivity index (χ3v) is 5.99. The molecular formula is C18H26O6S. The average Bonchev–Trinajstić information content (AvgIpc) is 2.51. The van der Waals surface area contributed by atoms with Crippen LogP contribution in [-0.2, 0) is 28.8 Å². The second-order valence-electron chi connectivity index (χ2n) is 6.79. The van der Waals surface area contributed by atoms with Crippen LogP contribution in [0.5, 0.6) is 0 Å². The van der Waals surface area contributed by atoms with Gasteiger partial charge >= 0.3 is 5.97 Å². The van der Waals surface area contributed by atoms with E-state index < -0.39 is 21.7 Å². The Labute approximate surface area is 149 Å². The van der Waals surface area contributed by atoms with Crippen LogP contribution in [-0.4, -0.2) is 44.7 Å².